The van der Waals surface area contributed by atoms with Crippen LogP contribution in [0.15, 0.2) is 54.1 Å². The molecule has 2 aromatic carbocycles. The van der Waals surface area contributed by atoms with Crippen LogP contribution in [0.2, 0.25) is 10.0 Å². The summed E-state index contributed by atoms with van der Waals surface area (Å²) in [6.45, 7) is 1.54. The highest BCUT2D eigenvalue weighted by molar-refractivity contribution is 6.35. The number of hydrogen-bond acceptors (Lipinski definition) is 11. The lowest BCUT2D eigenvalue weighted by Crippen LogP contribution is -2.67. The molecule has 0 unspecified atom stereocenters. The zero-order chi connectivity index (χ0) is 32.4. The van der Waals surface area contributed by atoms with Gasteiger partial charge in [-0.2, -0.15) is 0 Å². The molecule has 14 heteroatoms. The van der Waals surface area contributed by atoms with Gasteiger partial charge in [-0.1, -0.05) is 41.4 Å². The molecule has 2 aromatic rings. The van der Waals surface area contributed by atoms with Crippen LogP contribution in [0.5, 0.6) is 17.2 Å². The number of aromatic hydroxyl groups is 1. The molecular formula is C31H35Cl2NO11. The monoisotopic (exact) mass is 667 g/mol. The lowest BCUT2D eigenvalue weighted by atomic mass is 9.83. The van der Waals surface area contributed by atoms with Crippen LogP contribution < -0.4 is 14.8 Å². The van der Waals surface area contributed by atoms with Crippen LogP contribution in [0.4, 0.5) is 0 Å². The fraction of sp³-hybridized carbons (Fsp3) is 0.452. The Morgan fingerprint density at radius 1 is 0.956 bits per heavy atom. The van der Waals surface area contributed by atoms with Crippen molar-refractivity contribution in [2.45, 2.75) is 68.2 Å². The van der Waals surface area contributed by atoms with Crippen LogP contribution in [0, 0.1) is 5.92 Å². The van der Waals surface area contributed by atoms with Crippen LogP contribution in [-0.4, -0.2) is 105 Å². The van der Waals surface area contributed by atoms with Crippen molar-refractivity contribution in [3.63, 3.8) is 0 Å². The summed E-state index contributed by atoms with van der Waals surface area (Å²) in [5.74, 6) is -0.770. The van der Waals surface area contributed by atoms with Crippen molar-refractivity contribution in [3.8, 4) is 17.2 Å². The average Bonchev–Trinajstić information content (AvgIpc) is 3.60. The minimum atomic E-state index is -1.48. The molecule has 12 nitrogen and oxygen atoms in total. The molecule has 5 rings (SSSR count). The van der Waals surface area contributed by atoms with Crippen LogP contribution in [0.3, 0.4) is 0 Å². The molecular weight excluding hydrogens is 633 g/mol. The first kappa shape index (κ1) is 33.5. The molecule has 1 heterocycles. The van der Waals surface area contributed by atoms with Gasteiger partial charge in [0.05, 0.1) is 17.2 Å². The molecule has 244 valence electrons. The lowest BCUT2D eigenvalue weighted by molar-refractivity contribution is -0.155. The van der Waals surface area contributed by atoms with E-state index in [1.807, 2.05) is 0 Å². The summed E-state index contributed by atoms with van der Waals surface area (Å²) in [6, 6.07) is 8.09. The topological polar surface area (TPSA) is 187 Å². The first-order valence-corrected chi connectivity index (χ1v) is 15.1. The Morgan fingerprint density at radius 2 is 1.67 bits per heavy atom. The van der Waals surface area contributed by atoms with Gasteiger partial charge in [-0.3, -0.25) is 4.79 Å². The summed E-state index contributed by atoms with van der Waals surface area (Å²) in [6.07, 6.45) is -3.90. The fourth-order valence-electron chi connectivity index (χ4n) is 5.71. The Labute approximate surface area is 269 Å². The number of carbonyl (C=O) groups excluding carboxylic acids is 1. The van der Waals surface area contributed by atoms with Gasteiger partial charge in [0, 0.05) is 16.5 Å². The first-order valence-electron chi connectivity index (χ1n) is 14.3. The van der Waals surface area contributed by atoms with E-state index in [1.165, 1.54) is 25.1 Å². The summed E-state index contributed by atoms with van der Waals surface area (Å²) in [4.78, 5) is 12.9. The van der Waals surface area contributed by atoms with Gasteiger partial charge in [0.1, 0.15) is 61.9 Å². The Hall–Kier alpha value is -2.91. The Balaban J connectivity index is 1.16. The maximum Gasteiger partial charge on any atom is 0.247 e. The number of phenols is 1. The highest BCUT2D eigenvalue weighted by atomic mass is 35.5. The molecule has 0 aromatic heterocycles. The first-order chi connectivity index (χ1) is 21.4. The number of amides is 1. The maximum atomic E-state index is 12.9. The van der Waals surface area contributed by atoms with E-state index in [1.54, 1.807) is 36.4 Å². The molecule has 7 N–H and O–H groups in total. The molecule has 2 aliphatic carbocycles. The van der Waals surface area contributed by atoms with Gasteiger partial charge in [-0.05, 0) is 55.3 Å². The van der Waals surface area contributed by atoms with Crippen molar-refractivity contribution in [1.82, 2.24) is 5.32 Å². The third-order valence-electron chi connectivity index (χ3n) is 8.19. The Morgan fingerprint density at radius 3 is 2.38 bits per heavy atom. The molecule has 3 fully saturated rings. The number of halogens is 2. The van der Waals surface area contributed by atoms with Crippen molar-refractivity contribution < 1.29 is 54.4 Å². The summed E-state index contributed by atoms with van der Waals surface area (Å²) in [5.41, 5.74) is 0.632. The number of fused-ring (bicyclic) bond motifs is 1. The van der Waals surface area contributed by atoms with Gasteiger partial charge < -0.3 is 54.9 Å². The van der Waals surface area contributed by atoms with E-state index in [-0.39, 0.29) is 36.9 Å². The second-order valence-electron chi connectivity index (χ2n) is 11.3. The van der Waals surface area contributed by atoms with Crippen molar-refractivity contribution in [2.24, 2.45) is 5.92 Å². The third-order valence-corrected chi connectivity index (χ3v) is 8.72. The van der Waals surface area contributed by atoms with E-state index >= 15 is 0 Å². The van der Waals surface area contributed by atoms with E-state index < -0.39 is 66.7 Å². The van der Waals surface area contributed by atoms with E-state index in [9.17, 15) is 35.4 Å². The van der Waals surface area contributed by atoms with E-state index in [4.69, 9.17) is 42.1 Å². The van der Waals surface area contributed by atoms with Crippen LogP contribution in [0.1, 0.15) is 18.9 Å². The summed E-state index contributed by atoms with van der Waals surface area (Å²) < 4.78 is 22.0. The highest BCUT2D eigenvalue weighted by Gasteiger charge is 2.53. The van der Waals surface area contributed by atoms with E-state index in [2.05, 4.69) is 5.32 Å². The molecule has 1 amide bonds. The number of hydrogen-bond donors (Lipinski definition) is 7. The molecule has 0 spiro atoms. The van der Waals surface area contributed by atoms with Crippen LogP contribution >= 0.6 is 23.2 Å². The number of aliphatic hydroxyl groups excluding tert-OH is 5. The molecule has 1 saturated heterocycles. The number of nitrogens with one attached hydrogen (secondary N) is 1. The Bertz CT molecular complexity index is 1440. The fourth-order valence-corrected chi connectivity index (χ4v) is 6.18. The van der Waals surface area contributed by atoms with Gasteiger partial charge in [0.25, 0.3) is 0 Å². The zero-order valence-corrected chi connectivity index (χ0v) is 25.6. The minimum absolute atomic E-state index is 0.0756. The summed E-state index contributed by atoms with van der Waals surface area (Å²) >= 11 is 12.0. The van der Waals surface area contributed by atoms with Gasteiger partial charge in [-0.15, -0.1) is 0 Å². The average molecular weight is 669 g/mol. The smallest absolute Gasteiger partial charge is 0.247 e. The summed E-state index contributed by atoms with van der Waals surface area (Å²) in [7, 11) is 0. The van der Waals surface area contributed by atoms with Crippen molar-refractivity contribution >= 4 is 35.2 Å². The standard InChI is InChI=1S/C31H35Cl2NO11/c1-14(31(41)34-23-26(38)28(40)30-29(27(23)39)43-13-44-30)9-15-4-6-21(19(35)10-15)45-22-11-16(24(36)25(22)37)3-2-8-42-20-7-5-17(32)12-18(20)33/h2-7,9-10,12,16,22-30,35-40H,8,11,13H2,1H3,(H,34,41)/b3-2+,14-9+/t16-,22-,23-,24-,25-,26+,27-,28-,29+,30-/m1/s1. The van der Waals surface area contributed by atoms with E-state index in [0.29, 0.717) is 21.4 Å². The largest absolute Gasteiger partial charge is 0.504 e. The molecule has 10 atom stereocenters. The van der Waals surface area contributed by atoms with Gasteiger partial charge in [0.15, 0.2) is 11.5 Å². The quantitative estimate of drug-likeness (QED) is 0.152. The predicted octanol–water partition coefficient (Wildman–Crippen LogP) is 1.55. The van der Waals surface area contributed by atoms with Crippen LogP contribution in [0.25, 0.3) is 6.08 Å². The van der Waals surface area contributed by atoms with Crippen molar-refractivity contribution in [1.29, 1.82) is 0 Å². The third kappa shape index (κ3) is 7.40. The molecule has 0 radical (unpaired) electrons. The SMILES string of the molecule is C/C(=C\c1ccc(O[C@@H]2C[C@@H](/C=C/COc3ccc(Cl)cc3Cl)[C@@H](O)[C@@H]2O)c(O)c1)C(=O)N[C@@H]1[C@H](O)[C@@H](O)[C@H]2OCO[C@H]2[C@@H]1O. The lowest BCUT2D eigenvalue weighted by Gasteiger charge is -2.41. The normalized spacial score (nSPS) is 33.3. The molecule has 1 aliphatic heterocycles. The molecule has 2 saturated carbocycles. The second-order valence-corrected chi connectivity index (χ2v) is 12.1. The van der Waals surface area contributed by atoms with Gasteiger partial charge >= 0.3 is 0 Å². The van der Waals surface area contributed by atoms with Gasteiger partial charge in [0.2, 0.25) is 5.91 Å². The van der Waals surface area contributed by atoms with Crippen molar-refractivity contribution in [3.05, 3.63) is 69.7 Å². The minimum Gasteiger partial charge on any atom is -0.504 e. The zero-order valence-electron chi connectivity index (χ0n) is 24.1. The number of aliphatic hydroxyl groups is 5. The maximum absolute atomic E-state index is 12.9. The molecule has 0 bridgehead atoms. The predicted molar refractivity (Wildman–Crippen MR) is 162 cm³/mol. The Kier molecular flexibility index (Phi) is 10.6. The van der Waals surface area contributed by atoms with E-state index in [0.717, 1.165) is 0 Å². The number of phenolic OH excluding ortho intramolecular Hbond substituents is 1. The summed E-state index contributed by atoms with van der Waals surface area (Å²) in [5, 5.41) is 66.5. The number of ether oxygens (including phenoxy) is 4. The second kappa shape index (κ2) is 14.2. The number of rotatable bonds is 9. The molecule has 45 heavy (non-hydrogen) atoms. The van der Waals surface area contributed by atoms with Crippen LogP contribution in [-0.2, 0) is 14.3 Å². The van der Waals surface area contributed by atoms with Crippen molar-refractivity contribution in [2.75, 3.05) is 13.4 Å². The molecule has 3 aliphatic rings. The van der Waals surface area contributed by atoms with Gasteiger partial charge in [-0.25, -0.2) is 0 Å². The number of carbonyl (C=O) groups is 1. The highest BCUT2D eigenvalue weighted by Crippen LogP contribution is 2.36. The number of benzene rings is 2.